The zero-order chi connectivity index (χ0) is 6.99. The van der Waals surface area contributed by atoms with E-state index < -0.39 is 7.12 Å². The molecule has 0 amide bonds. The second-order valence-electron chi connectivity index (χ2n) is 0.958. The first kappa shape index (κ1) is 11.2. The third kappa shape index (κ3) is 16.2. The van der Waals surface area contributed by atoms with E-state index >= 15 is 0 Å². The van der Waals surface area contributed by atoms with Gasteiger partial charge in [-0.3, -0.25) is 0 Å². The Bertz CT molecular complexity index is 39.2. The summed E-state index contributed by atoms with van der Waals surface area (Å²) in [5.74, 6) is 0. The molecule has 0 aromatic carbocycles. The predicted molar refractivity (Wildman–Crippen MR) is 31.0 cm³/mol. The molecule has 0 unspecified atom stereocenters. The molecular formula is C2H6BBrF2O2. The summed E-state index contributed by atoms with van der Waals surface area (Å²) in [6.07, 6.45) is 0.403. The van der Waals surface area contributed by atoms with Gasteiger partial charge in [-0.1, -0.05) is 15.9 Å². The number of alkyl halides is 1. The summed E-state index contributed by atoms with van der Waals surface area (Å²) in [6.45, 7) is 0. The van der Waals surface area contributed by atoms with Gasteiger partial charge in [0.1, 0.15) is 0 Å². The number of hydrogen-bond acceptors (Lipinski definition) is 2. The van der Waals surface area contributed by atoms with Crippen LogP contribution in [0.3, 0.4) is 0 Å². The average Bonchev–Trinajstić information content (AvgIpc) is 1.72. The van der Waals surface area contributed by atoms with E-state index in [-0.39, 0.29) is 0 Å². The summed E-state index contributed by atoms with van der Waals surface area (Å²) in [7, 11) is -1.15. The van der Waals surface area contributed by atoms with Gasteiger partial charge in [-0.25, -0.2) is 0 Å². The Morgan fingerprint density at radius 2 is 1.75 bits per heavy atom. The molecule has 0 aromatic heterocycles. The quantitative estimate of drug-likeness (QED) is 0.497. The van der Waals surface area contributed by atoms with E-state index in [1.165, 1.54) is 0 Å². The maximum atomic E-state index is 8.08. The molecule has 0 rings (SSSR count). The predicted octanol–water partition coefficient (Wildman–Crippen LogP) is 0.695. The monoisotopic (exact) mass is 190 g/mol. The fourth-order valence-corrected chi connectivity index (χ4v) is 0.507. The molecule has 0 aliphatic carbocycles. The lowest BCUT2D eigenvalue weighted by molar-refractivity contribution is 0.108. The van der Waals surface area contributed by atoms with E-state index in [9.17, 15) is 0 Å². The van der Waals surface area contributed by atoms with Crippen molar-refractivity contribution in [2.24, 2.45) is 0 Å². The minimum Gasteiger partial charge on any atom is -0.427 e. The molecular weight excluding hydrogens is 185 g/mol. The largest absolute Gasteiger partial charge is 0.452 e. The Morgan fingerprint density at radius 1 is 1.38 bits per heavy atom. The highest BCUT2D eigenvalue weighted by molar-refractivity contribution is 9.09. The van der Waals surface area contributed by atoms with Crippen LogP contribution in [-0.2, 0) is 0 Å². The van der Waals surface area contributed by atoms with Crippen molar-refractivity contribution in [1.82, 2.24) is 0 Å². The summed E-state index contributed by atoms with van der Waals surface area (Å²) in [6, 6.07) is 0. The molecule has 0 atom stereocenters. The van der Waals surface area contributed by atoms with Crippen molar-refractivity contribution in [3.63, 3.8) is 0 Å². The normalized spacial score (nSPS) is 7.12. The molecule has 50 valence electrons. The zero-order valence-electron chi connectivity index (χ0n) is 4.02. The molecule has 0 saturated carbocycles. The van der Waals surface area contributed by atoms with Crippen molar-refractivity contribution < 1.29 is 19.2 Å². The van der Waals surface area contributed by atoms with Gasteiger partial charge in [0.15, 0.2) is 0 Å². The molecule has 0 saturated heterocycles. The highest BCUT2D eigenvalue weighted by Gasteiger charge is 2.01. The van der Waals surface area contributed by atoms with Crippen molar-refractivity contribution in [3.05, 3.63) is 0 Å². The van der Waals surface area contributed by atoms with Gasteiger partial charge in [-0.05, 0) is 6.32 Å². The van der Waals surface area contributed by atoms with Gasteiger partial charge in [0.2, 0.25) is 0 Å². The molecule has 6 heteroatoms. The second kappa shape index (κ2) is 10.3. The lowest BCUT2D eigenvalue weighted by atomic mass is 9.88. The van der Waals surface area contributed by atoms with E-state index in [2.05, 4.69) is 15.9 Å². The number of halogens is 3. The Balaban J connectivity index is 0. The zero-order valence-corrected chi connectivity index (χ0v) is 5.61. The van der Waals surface area contributed by atoms with Gasteiger partial charge in [0.05, 0.1) is 0 Å². The average molecular weight is 191 g/mol. The van der Waals surface area contributed by atoms with Crippen molar-refractivity contribution in [1.29, 1.82) is 0 Å². The molecule has 8 heavy (non-hydrogen) atoms. The molecule has 0 heterocycles. The van der Waals surface area contributed by atoms with Crippen LogP contribution in [0, 0.1) is 0 Å². The van der Waals surface area contributed by atoms with Gasteiger partial charge < -0.3 is 10.0 Å². The molecule has 0 aliphatic rings. The first-order chi connectivity index (χ1) is 3.77. The van der Waals surface area contributed by atoms with Crippen LogP contribution in [0.2, 0.25) is 6.32 Å². The van der Waals surface area contributed by atoms with Crippen LogP contribution in [0.1, 0.15) is 0 Å². The van der Waals surface area contributed by atoms with E-state index in [1.54, 1.807) is 0 Å². The number of hydrogen-bond donors (Lipinski definition) is 2. The van der Waals surface area contributed by atoms with Gasteiger partial charge >= 0.3 is 7.12 Å². The van der Waals surface area contributed by atoms with Crippen LogP contribution in [0.15, 0.2) is 0 Å². The topological polar surface area (TPSA) is 40.5 Å². The number of rotatable bonds is 2. The molecule has 0 bridgehead atoms. The van der Waals surface area contributed by atoms with Gasteiger partial charge in [-0.2, -0.15) is 0 Å². The molecule has 0 aromatic rings. The third-order valence-corrected chi connectivity index (χ3v) is 0.825. The lowest BCUT2D eigenvalue weighted by Crippen LogP contribution is -2.09. The molecule has 0 spiro atoms. The minimum absolute atomic E-state index is 0.403. The van der Waals surface area contributed by atoms with Gasteiger partial charge in [0.25, 0.3) is 0 Å². The Hall–Kier alpha value is 0.325. The van der Waals surface area contributed by atoms with Crippen LogP contribution in [0.25, 0.3) is 0 Å². The maximum absolute atomic E-state index is 8.08. The second-order valence-corrected chi connectivity index (χ2v) is 1.75. The third-order valence-electron chi connectivity index (χ3n) is 0.367. The van der Waals surface area contributed by atoms with Crippen LogP contribution in [0.5, 0.6) is 0 Å². The van der Waals surface area contributed by atoms with E-state index in [4.69, 9.17) is 19.2 Å². The van der Waals surface area contributed by atoms with Crippen LogP contribution < -0.4 is 0 Å². The molecule has 2 N–H and O–H groups in total. The van der Waals surface area contributed by atoms with Crippen LogP contribution in [-0.4, -0.2) is 22.5 Å². The van der Waals surface area contributed by atoms with E-state index in [1.807, 2.05) is 0 Å². The summed E-state index contributed by atoms with van der Waals surface area (Å²) < 4.78 is 16.0. The maximum Gasteiger partial charge on any atom is 0.452 e. The fraction of sp³-hybridized carbons (Fsp3) is 1.00. The molecule has 0 aliphatic heterocycles. The van der Waals surface area contributed by atoms with Crippen LogP contribution >= 0.6 is 15.9 Å². The molecule has 0 radical (unpaired) electrons. The highest BCUT2D eigenvalue weighted by Crippen LogP contribution is 1.88. The van der Waals surface area contributed by atoms with Crippen molar-refractivity contribution >= 4 is 23.0 Å². The standard InChI is InChI=1S/C2H6BBrO2.F2/c4-2-1-3(5)6;1-2/h5-6H,1-2H2;. The fourth-order valence-electron chi connectivity index (χ4n) is 0.0976. The Morgan fingerprint density at radius 3 is 1.75 bits per heavy atom. The van der Waals surface area contributed by atoms with E-state index in [0.717, 1.165) is 0 Å². The van der Waals surface area contributed by atoms with Gasteiger partial charge in [-0.15, -0.1) is 0 Å². The minimum atomic E-state index is -1.15. The summed E-state index contributed by atoms with van der Waals surface area (Å²) in [4.78, 5) is 0. The van der Waals surface area contributed by atoms with Crippen molar-refractivity contribution in [2.45, 2.75) is 6.32 Å². The van der Waals surface area contributed by atoms with E-state index in [0.29, 0.717) is 11.7 Å². The summed E-state index contributed by atoms with van der Waals surface area (Å²) in [5.41, 5.74) is 0. The van der Waals surface area contributed by atoms with Gasteiger partial charge in [0, 0.05) is 14.5 Å². The van der Waals surface area contributed by atoms with Crippen LogP contribution in [0.4, 0.5) is 9.15 Å². The summed E-state index contributed by atoms with van der Waals surface area (Å²) in [5, 5.41) is 16.8. The smallest absolute Gasteiger partial charge is 0.427 e. The molecule has 2 nitrogen and oxygen atoms in total. The highest BCUT2D eigenvalue weighted by atomic mass is 79.9. The van der Waals surface area contributed by atoms with Crippen molar-refractivity contribution in [2.75, 3.05) is 5.33 Å². The first-order valence-corrected chi connectivity index (χ1v) is 2.96. The first-order valence-electron chi connectivity index (χ1n) is 1.83. The van der Waals surface area contributed by atoms with Crippen molar-refractivity contribution in [3.8, 4) is 0 Å². The summed E-state index contributed by atoms with van der Waals surface area (Å²) >= 11 is 3.03. The Labute approximate surface area is 54.6 Å². The molecule has 0 fully saturated rings. The Kier molecular flexibility index (Phi) is 14.4. The lowest BCUT2D eigenvalue weighted by Gasteiger charge is -1.86. The SMILES string of the molecule is FF.OB(O)CCBr.